The Balaban J connectivity index is 1.17. The molecule has 5 rings (SSSR count). The number of nitrogens with one attached hydrogen (secondary N) is 2. The molecule has 0 saturated carbocycles. The number of fused-ring (bicyclic) bond motifs is 1. The lowest BCUT2D eigenvalue weighted by Gasteiger charge is -2.36. The number of aromatic nitrogens is 3. The van der Waals surface area contributed by atoms with Crippen LogP contribution in [0.2, 0.25) is 5.02 Å². The van der Waals surface area contributed by atoms with Crippen molar-refractivity contribution in [3.63, 3.8) is 0 Å². The number of carbonyl (C=O) groups excluding carboxylic acids is 1. The van der Waals surface area contributed by atoms with E-state index in [0.717, 1.165) is 41.1 Å². The Bertz CT molecular complexity index is 1260. The van der Waals surface area contributed by atoms with Crippen LogP contribution in [0.1, 0.15) is 5.69 Å². The predicted molar refractivity (Wildman–Crippen MR) is 129 cm³/mol. The van der Waals surface area contributed by atoms with Crippen LogP contribution in [-0.2, 0) is 0 Å². The van der Waals surface area contributed by atoms with Crippen molar-refractivity contribution < 1.29 is 9.53 Å². The third-order valence-electron chi connectivity index (χ3n) is 5.63. The lowest BCUT2D eigenvalue weighted by Crippen LogP contribution is -2.50. The molecule has 0 aliphatic carbocycles. The normalized spacial score (nSPS) is 13.9. The highest BCUT2D eigenvalue weighted by molar-refractivity contribution is 6.31. The van der Waals surface area contributed by atoms with E-state index in [9.17, 15) is 4.79 Å². The Morgan fingerprint density at radius 1 is 1.06 bits per heavy atom. The second kappa shape index (κ2) is 8.99. The van der Waals surface area contributed by atoms with Crippen LogP contribution in [0.3, 0.4) is 0 Å². The Hall–Kier alpha value is -3.78. The number of amides is 2. The van der Waals surface area contributed by atoms with Gasteiger partial charge in [0.2, 0.25) is 5.88 Å². The van der Waals surface area contributed by atoms with Crippen molar-refractivity contribution in [3.8, 4) is 11.6 Å². The summed E-state index contributed by atoms with van der Waals surface area (Å²) in [6.07, 6.45) is 5.08. The first-order chi connectivity index (χ1) is 16.0. The largest absolute Gasteiger partial charge is 0.438 e. The fourth-order valence-corrected chi connectivity index (χ4v) is 4.01. The molecule has 0 atom stereocenters. The number of nitrogens with zero attached hydrogens (tertiary/aromatic N) is 4. The minimum Gasteiger partial charge on any atom is -0.438 e. The van der Waals surface area contributed by atoms with E-state index in [1.165, 1.54) is 0 Å². The number of ether oxygens (including phenoxy) is 1. The monoisotopic (exact) mass is 462 g/mol. The molecule has 1 saturated heterocycles. The van der Waals surface area contributed by atoms with Crippen molar-refractivity contribution in [2.24, 2.45) is 0 Å². The molecule has 0 unspecified atom stereocenters. The van der Waals surface area contributed by atoms with Gasteiger partial charge in [0.05, 0.1) is 23.8 Å². The third kappa shape index (κ3) is 4.70. The molecule has 3 heterocycles. The highest BCUT2D eigenvalue weighted by Gasteiger charge is 2.22. The number of halogens is 1. The molecule has 2 amide bonds. The van der Waals surface area contributed by atoms with Gasteiger partial charge >= 0.3 is 6.03 Å². The summed E-state index contributed by atoms with van der Waals surface area (Å²) in [5.41, 5.74) is 3.59. The summed E-state index contributed by atoms with van der Waals surface area (Å²) in [6.45, 7) is 4.64. The molecule has 0 spiro atoms. The van der Waals surface area contributed by atoms with Gasteiger partial charge in [0.1, 0.15) is 5.75 Å². The van der Waals surface area contributed by atoms with Crippen LogP contribution < -0.4 is 15.0 Å². The first kappa shape index (κ1) is 21.1. The van der Waals surface area contributed by atoms with E-state index >= 15 is 0 Å². The average molecular weight is 463 g/mol. The van der Waals surface area contributed by atoms with Gasteiger partial charge in [0.25, 0.3) is 0 Å². The van der Waals surface area contributed by atoms with Gasteiger partial charge in [-0.1, -0.05) is 11.6 Å². The van der Waals surface area contributed by atoms with E-state index in [2.05, 4.69) is 25.2 Å². The van der Waals surface area contributed by atoms with E-state index < -0.39 is 0 Å². The molecule has 2 aromatic heterocycles. The number of benzene rings is 2. The number of hydrogen-bond acceptors (Lipinski definition) is 5. The second-order valence-electron chi connectivity index (χ2n) is 7.89. The first-order valence-electron chi connectivity index (χ1n) is 10.7. The van der Waals surface area contributed by atoms with E-state index in [0.29, 0.717) is 29.7 Å². The molecule has 2 N–H and O–H groups in total. The lowest BCUT2D eigenvalue weighted by atomic mass is 10.2. The van der Waals surface area contributed by atoms with Crippen molar-refractivity contribution >= 4 is 39.9 Å². The van der Waals surface area contributed by atoms with Crippen LogP contribution in [0.25, 0.3) is 10.9 Å². The van der Waals surface area contributed by atoms with E-state index in [-0.39, 0.29) is 6.03 Å². The summed E-state index contributed by atoms with van der Waals surface area (Å²) < 4.78 is 5.75. The van der Waals surface area contributed by atoms with Gasteiger partial charge in [-0.05, 0) is 49.4 Å². The second-order valence-corrected chi connectivity index (χ2v) is 8.32. The number of H-pyrrole nitrogens is 1. The van der Waals surface area contributed by atoms with E-state index in [4.69, 9.17) is 16.3 Å². The summed E-state index contributed by atoms with van der Waals surface area (Å²) >= 11 is 6.11. The van der Waals surface area contributed by atoms with Crippen molar-refractivity contribution in [2.75, 3.05) is 36.4 Å². The number of rotatable bonds is 4. The quantitative estimate of drug-likeness (QED) is 0.442. The SMILES string of the molecule is Cc1cnc(Oc2ccc(N3CCN(C(=O)Nc4c[nH]c5ccc(Cl)cc45)CC3)cc2)cn1. The number of aryl methyl sites for hydroxylation is 1. The van der Waals surface area contributed by atoms with E-state index in [1.54, 1.807) is 18.6 Å². The summed E-state index contributed by atoms with van der Waals surface area (Å²) in [5, 5.41) is 4.53. The predicted octanol–water partition coefficient (Wildman–Crippen LogP) is 5.07. The van der Waals surface area contributed by atoms with Gasteiger partial charge in [-0.25, -0.2) is 9.78 Å². The van der Waals surface area contributed by atoms with Gasteiger partial charge in [-0.2, -0.15) is 0 Å². The van der Waals surface area contributed by atoms with Crippen LogP contribution in [-0.4, -0.2) is 52.1 Å². The van der Waals surface area contributed by atoms with Gasteiger partial charge in [-0.15, -0.1) is 0 Å². The van der Waals surface area contributed by atoms with Crippen LogP contribution in [0, 0.1) is 6.92 Å². The van der Waals surface area contributed by atoms with Crippen molar-refractivity contribution in [1.29, 1.82) is 0 Å². The van der Waals surface area contributed by atoms with Crippen molar-refractivity contribution in [2.45, 2.75) is 6.92 Å². The molecule has 4 aromatic rings. The third-order valence-corrected chi connectivity index (χ3v) is 5.87. The maximum atomic E-state index is 12.8. The maximum absolute atomic E-state index is 12.8. The molecular weight excluding hydrogens is 440 g/mol. The average Bonchev–Trinajstić information content (AvgIpc) is 3.23. The highest BCUT2D eigenvalue weighted by atomic mass is 35.5. The topological polar surface area (TPSA) is 86.4 Å². The zero-order chi connectivity index (χ0) is 22.8. The zero-order valence-corrected chi connectivity index (χ0v) is 18.8. The van der Waals surface area contributed by atoms with Crippen LogP contribution in [0.15, 0.2) is 61.1 Å². The van der Waals surface area contributed by atoms with Gasteiger partial charge in [0, 0.05) is 54.0 Å². The Kier molecular flexibility index (Phi) is 5.75. The maximum Gasteiger partial charge on any atom is 0.322 e. The molecule has 0 bridgehead atoms. The standard InChI is InChI=1S/C24H23ClN6O2/c1-16-13-28-23(15-26-16)33-19-5-3-18(4-6-19)30-8-10-31(11-9-30)24(32)29-22-14-27-21-7-2-17(25)12-20(21)22/h2-7,12-15,27H,8-11H2,1H3,(H,29,32). The Labute approximate surface area is 196 Å². The fraction of sp³-hybridized carbons (Fsp3) is 0.208. The molecule has 2 aromatic carbocycles. The molecule has 9 heteroatoms. The summed E-state index contributed by atoms with van der Waals surface area (Å²) in [5.74, 6) is 1.17. The number of aromatic amines is 1. The number of carbonyl (C=O) groups is 1. The van der Waals surface area contributed by atoms with Crippen molar-refractivity contribution in [3.05, 3.63) is 71.8 Å². The summed E-state index contributed by atoms with van der Waals surface area (Å²) in [4.78, 5) is 28.4. The molecule has 1 aliphatic rings. The Morgan fingerprint density at radius 2 is 1.85 bits per heavy atom. The minimum absolute atomic E-state index is 0.113. The fourth-order valence-electron chi connectivity index (χ4n) is 3.84. The van der Waals surface area contributed by atoms with Crippen LogP contribution in [0.5, 0.6) is 11.6 Å². The Morgan fingerprint density at radius 3 is 2.58 bits per heavy atom. The molecule has 0 radical (unpaired) electrons. The minimum atomic E-state index is -0.113. The number of hydrogen-bond donors (Lipinski definition) is 2. The van der Waals surface area contributed by atoms with Crippen LogP contribution in [0.4, 0.5) is 16.2 Å². The van der Waals surface area contributed by atoms with Crippen LogP contribution >= 0.6 is 11.6 Å². The first-order valence-corrected chi connectivity index (χ1v) is 11.1. The zero-order valence-electron chi connectivity index (χ0n) is 18.1. The molecule has 168 valence electrons. The van der Waals surface area contributed by atoms with Gasteiger partial charge in [-0.3, -0.25) is 4.98 Å². The molecule has 33 heavy (non-hydrogen) atoms. The molecule has 1 fully saturated rings. The highest BCUT2D eigenvalue weighted by Crippen LogP contribution is 2.27. The van der Waals surface area contributed by atoms with Gasteiger partial charge in [0.15, 0.2) is 0 Å². The number of anilines is 2. The summed E-state index contributed by atoms with van der Waals surface area (Å²) in [7, 11) is 0. The lowest BCUT2D eigenvalue weighted by molar-refractivity contribution is 0.208. The van der Waals surface area contributed by atoms with Gasteiger partial charge < -0.3 is 24.8 Å². The molecular formula is C24H23ClN6O2. The van der Waals surface area contributed by atoms with E-state index in [1.807, 2.05) is 54.3 Å². The smallest absolute Gasteiger partial charge is 0.322 e. The van der Waals surface area contributed by atoms with Crippen molar-refractivity contribution in [1.82, 2.24) is 19.9 Å². The molecule has 1 aliphatic heterocycles. The number of piperazine rings is 1. The molecule has 8 nitrogen and oxygen atoms in total. The number of urea groups is 1. The summed E-state index contributed by atoms with van der Waals surface area (Å²) in [6, 6.07) is 13.3.